The second kappa shape index (κ2) is 7.87. The van der Waals surface area contributed by atoms with Gasteiger partial charge in [0.15, 0.2) is 0 Å². The molecule has 0 bridgehead atoms. The minimum Gasteiger partial charge on any atom is -0.476 e. The van der Waals surface area contributed by atoms with Gasteiger partial charge in [0, 0.05) is 6.04 Å². The van der Waals surface area contributed by atoms with E-state index in [0.29, 0.717) is 24.2 Å². The van der Waals surface area contributed by atoms with Crippen molar-refractivity contribution >= 4 is 11.5 Å². The highest BCUT2D eigenvalue weighted by Crippen LogP contribution is 2.21. The lowest BCUT2D eigenvalue weighted by atomic mass is 10.0. The Morgan fingerprint density at radius 2 is 2.00 bits per heavy atom. The molecule has 3 N–H and O–H groups in total. The summed E-state index contributed by atoms with van der Waals surface area (Å²) in [6.07, 6.45) is 3.65. The topological polar surface area (TPSA) is 60.2 Å². The number of pyridine rings is 1. The van der Waals surface area contributed by atoms with Gasteiger partial charge in [-0.25, -0.2) is 0 Å². The van der Waals surface area contributed by atoms with Crippen LogP contribution in [0.2, 0.25) is 0 Å². The monoisotopic (exact) mass is 265 g/mol. The maximum Gasteiger partial charge on any atom is 0.239 e. The van der Waals surface area contributed by atoms with Crippen LogP contribution in [0.1, 0.15) is 47.0 Å². The third kappa shape index (κ3) is 5.81. The quantitative estimate of drug-likeness (QED) is 0.752. The summed E-state index contributed by atoms with van der Waals surface area (Å²) >= 11 is 0. The molecule has 0 aliphatic rings. The van der Waals surface area contributed by atoms with E-state index in [1.54, 1.807) is 0 Å². The predicted molar refractivity (Wildman–Crippen MR) is 81.6 cm³/mol. The van der Waals surface area contributed by atoms with Gasteiger partial charge in [0.2, 0.25) is 5.88 Å². The number of aromatic nitrogens is 1. The summed E-state index contributed by atoms with van der Waals surface area (Å²) in [5.41, 5.74) is 6.39. The first-order valence-corrected chi connectivity index (χ1v) is 7.18. The van der Waals surface area contributed by atoms with Crippen molar-refractivity contribution in [2.45, 2.75) is 53.0 Å². The smallest absolute Gasteiger partial charge is 0.239 e. The van der Waals surface area contributed by atoms with Gasteiger partial charge in [0.1, 0.15) is 5.82 Å². The van der Waals surface area contributed by atoms with Crippen molar-refractivity contribution in [2.75, 3.05) is 17.7 Å². The lowest BCUT2D eigenvalue weighted by Gasteiger charge is -2.16. The number of anilines is 2. The number of nitrogens with two attached hydrogens (primary N) is 1. The molecule has 0 fully saturated rings. The average Bonchev–Trinajstić information content (AvgIpc) is 2.33. The van der Waals surface area contributed by atoms with E-state index in [1.165, 1.54) is 12.8 Å². The number of ether oxygens (including phenoxy) is 1. The van der Waals surface area contributed by atoms with Crippen molar-refractivity contribution in [3.05, 3.63) is 12.1 Å². The highest BCUT2D eigenvalue weighted by atomic mass is 16.5. The summed E-state index contributed by atoms with van der Waals surface area (Å²) < 4.78 is 5.40. The van der Waals surface area contributed by atoms with Gasteiger partial charge in [0.25, 0.3) is 0 Å². The van der Waals surface area contributed by atoms with Crippen molar-refractivity contribution in [2.24, 2.45) is 5.92 Å². The third-order valence-corrected chi connectivity index (χ3v) is 2.98. The summed E-state index contributed by atoms with van der Waals surface area (Å²) in [7, 11) is 0. The van der Waals surface area contributed by atoms with Gasteiger partial charge in [-0.3, -0.25) is 0 Å². The molecular weight excluding hydrogens is 238 g/mol. The molecule has 1 aromatic rings. The highest BCUT2D eigenvalue weighted by Gasteiger charge is 2.07. The maximum atomic E-state index is 5.80. The fourth-order valence-electron chi connectivity index (χ4n) is 1.94. The van der Waals surface area contributed by atoms with Crippen molar-refractivity contribution in [1.29, 1.82) is 0 Å². The van der Waals surface area contributed by atoms with E-state index in [0.717, 1.165) is 18.2 Å². The Hall–Kier alpha value is -1.45. The fourth-order valence-corrected chi connectivity index (χ4v) is 1.94. The summed E-state index contributed by atoms with van der Waals surface area (Å²) in [6.45, 7) is 9.20. The number of rotatable bonds is 8. The van der Waals surface area contributed by atoms with Crippen LogP contribution in [0.25, 0.3) is 0 Å². The van der Waals surface area contributed by atoms with E-state index in [4.69, 9.17) is 10.5 Å². The maximum absolute atomic E-state index is 5.80. The number of nitrogens with zero attached hydrogens (tertiary/aromatic N) is 1. The zero-order valence-corrected chi connectivity index (χ0v) is 12.6. The van der Waals surface area contributed by atoms with E-state index in [2.05, 4.69) is 31.1 Å². The molecule has 0 aliphatic carbocycles. The molecule has 0 spiro atoms. The summed E-state index contributed by atoms with van der Waals surface area (Å²) in [6, 6.07) is 4.14. The Morgan fingerprint density at radius 1 is 1.26 bits per heavy atom. The molecule has 1 atom stereocenters. The van der Waals surface area contributed by atoms with Gasteiger partial charge >= 0.3 is 0 Å². The third-order valence-electron chi connectivity index (χ3n) is 2.98. The molecule has 0 aliphatic heterocycles. The molecule has 0 saturated heterocycles. The van der Waals surface area contributed by atoms with Crippen LogP contribution in [0.15, 0.2) is 12.1 Å². The van der Waals surface area contributed by atoms with Gasteiger partial charge < -0.3 is 15.8 Å². The summed E-state index contributed by atoms with van der Waals surface area (Å²) in [5, 5.41) is 3.39. The first kappa shape index (κ1) is 15.6. The Kier molecular flexibility index (Phi) is 6.46. The lowest BCUT2D eigenvalue weighted by Crippen LogP contribution is -2.16. The molecule has 0 saturated carbocycles. The van der Waals surface area contributed by atoms with Crippen molar-refractivity contribution in [3.8, 4) is 5.88 Å². The van der Waals surface area contributed by atoms with Crippen molar-refractivity contribution < 1.29 is 4.74 Å². The van der Waals surface area contributed by atoms with Crippen LogP contribution in [0.4, 0.5) is 11.5 Å². The number of nitrogen functional groups attached to an aromatic ring is 1. The summed E-state index contributed by atoms with van der Waals surface area (Å²) in [5.74, 6) is 2.11. The molecular formula is C15H27N3O. The molecule has 4 nitrogen and oxygen atoms in total. The number of hydrogen-bond acceptors (Lipinski definition) is 4. The SMILES string of the molecule is CCOc1nc(NC(C)CCCC(C)C)ccc1N. The molecule has 108 valence electrons. The second-order valence-electron chi connectivity index (χ2n) is 5.39. The average molecular weight is 265 g/mol. The Balaban J connectivity index is 2.49. The molecule has 0 radical (unpaired) electrons. The van der Waals surface area contributed by atoms with E-state index < -0.39 is 0 Å². The van der Waals surface area contributed by atoms with Crippen LogP contribution < -0.4 is 15.8 Å². The van der Waals surface area contributed by atoms with Crippen molar-refractivity contribution in [1.82, 2.24) is 4.98 Å². The Bertz CT molecular complexity index is 380. The zero-order chi connectivity index (χ0) is 14.3. The minimum atomic E-state index is 0.407. The van der Waals surface area contributed by atoms with Gasteiger partial charge in [-0.15, -0.1) is 0 Å². The van der Waals surface area contributed by atoms with Crippen LogP contribution in [-0.4, -0.2) is 17.6 Å². The zero-order valence-electron chi connectivity index (χ0n) is 12.6. The summed E-state index contributed by atoms with van der Waals surface area (Å²) in [4.78, 5) is 4.39. The standard InChI is InChI=1S/C15H27N3O/c1-5-19-15-13(16)9-10-14(18-15)17-12(4)8-6-7-11(2)3/h9-12H,5-8,16H2,1-4H3,(H,17,18). The van der Waals surface area contributed by atoms with Gasteiger partial charge in [-0.1, -0.05) is 26.7 Å². The van der Waals surface area contributed by atoms with E-state index in [1.807, 2.05) is 19.1 Å². The Labute approximate surface area is 116 Å². The van der Waals surface area contributed by atoms with Crippen LogP contribution in [0.3, 0.4) is 0 Å². The second-order valence-corrected chi connectivity index (χ2v) is 5.39. The molecule has 0 amide bonds. The van der Waals surface area contributed by atoms with Crippen LogP contribution in [-0.2, 0) is 0 Å². The lowest BCUT2D eigenvalue weighted by molar-refractivity contribution is 0.329. The van der Waals surface area contributed by atoms with Crippen LogP contribution in [0, 0.1) is 5.92 Å². The molecule has 1 heterocycles. The van der Waals surface area contributed by atoms with E-state index in [-0.39, 0.29) is 0 Å². The molecule has 1 aromatic heterocycles. The van der Waals surface area contributed by atoms with Crippen molar-refractivity contribution in [3.63, 3.8) is 0 Å². The fraction of sp³-hybridized carbons (Fsp3) is 0.667. The number of nitrogens with one attached hydrogen (secondary N) is 1. The highest BCUT2D eigenvalue weighted by molar-refractivity contribution is 5.53. The van der Waals surface area contributed by atoms with Crippen LogP contribution in [0.5, 0.6) is 5.88 Å². The molecule has 1 rings (SSSR count). The molecule has 0 aromatic carbocycles. The predicted octanol–water partition coefficient (Wildman–Crippen LogP) is 3.69. The van der Waals surface area contributed by atoms with Crippen LogP contribution >= 0.6 is 0 Å². The normalized spacial score (nSPS) is 12.5. The Morgan fingerprint density at radius 3 is 2.63 bits per heavy atom. The molecule has 1 unspecified atom stereocenters. The number of hydrogen-bond donors (Lipinski definition) is 2. The van der Waals surface area contributed by atoms with Gasteiger partial charge in [0.05, 0.1) is 12.3 Å². The molecule has 4 heteroatoms. The van der Waals surface area contributed by atoms with E-state index >= 15 is 0 Å². The van der Waals surface area contributed by atoms with Gasteiger partial charge in [-0.2, -0.15) is 4.98 Å². The first-order chi connectivity index (χ1) is 9.02. The largest absolute Gasteiger partial charge is 0.476 e. The van der Waals surface area contributed by atoms with E-state index in [9.17, 15) is 0 Å². The van der Waals surface area contributed by atoms with Gasteiger partial charge in [-0.05, 0) is 38.3 Å². The first-order valence-electron chi connectivity index (χ1n) is 7.18. The minimum absolute atomic E-state index is 0.407. The molecule has 19 heavy (non-hydrogen) atoms.